The Kier molecular flexibility index (Phi) is 4.78. The molecule has 1 fully saturated rings. The molecule has 3 aromatic rings. The Labute approximate surface area is 167 Å². The van der Waals surface area contributed by atoms with Gasteiger partial charge in [-0.15, -0.1) is 0 Å². The molecule has 0 aliphatic carbocycles. The Balaban J connectivity index is 1.25. The van der Waals surface area contributed by atoms with Gasteiger partial charge in [-0.25, -0.2) is 4.98 Å². The van der Waals surface area contributed by atoms with Crippen LogP contribution in [0.5, 0.6) is 0 Å². The van der Waals surface area contributed by atoms with Gasteiger partial charge >= 0.3 is 0 Å². The second-order valence-electron chi connectivity index (χ2n) is 7.51. The van der Waals surface area contributed by atoms with Crippen LogP contribution in [0.15, 0.2) is 30.3 Å². The van der Waals surface area contributed by atoms with E-state index in [9.17, 15) is 4.79 Å². The van der Waals surface area contributed by atoms with Crippen molar-refractivity contribution in [2.75, 3.05) is 25.0 Å². The monoisotopic (exact) mass is 396 g/mol. The molecule has 1 atom stereocenters. The molecule has 2 aromatic heterocycles. The largest absolute Gasteiger partial charge is 0.376 e. The first kappa shape index (κ1) is 17.7. The van der Waals surface area contributed by atoms with E-state index in [1.807, 2.05) is 35.2 Å². The molecule has 7 heteroatoms. The molecule has 0 saturated carbocycles. The van der Waals surface area contributed by atoms with E-state index in [0.717, 1.165) is 47.7 Å². The molecule has 1 amide bonds. The summed E-state index contributed by atoms with van der Waals surface area (Å²) in [5.41, 5.74) is 2.78. The van der Waals surface area contributed by atoms with Crippen molar-refractivity contribution in [2.45, 2.75) is 38.3 Å². The van der Waals surface area contributed by atoms with Crippen molar-refractivity contribution in [1.82, 2.24) is 14.9 Å². The smallest absolute Gasteiger partial charge is 0.270 e. The zero-order chi connectivity index (χ0) is 18.9. The number of ether oxygens (including phenoxy) is 1. The maximum Gasteiger partial charge on any atom is 0.270 e. The molecule has 2 aliphatic rings. The lowest BCUT2D eigenvalue weighted by molar-refractivity contribution is 0.0247. The second-order valence-corrected chi connectivity index (χ2v) is 8.59. The van der Waals surface area contributed by atoms with Gasteiger partial charge in [0.2, 0.25) is 0 Å². The maximum atomic E-state index is 13.0. The van der Waals surface area contributed by atoms with Crippen LogP contribution in [0.2, 0.25) is 0 Å². The summed E-state index contributed by atoms with van der Waals surface area (Å²) in [5.74, 6) is 0.0559. The molecule has 0 bridgehead atoms. The predicted molar refractivity (Wildman–Crippen MR) is 111 cm³/mol. The number of thiazole rings is 1. The van der Waals surface area contributed by atoms with E-state index in [0.29, 0.717) is 18.8 Å². The fourth-order valence-electron chi connectivity index (χ4n) is 3.97. The minimum absolute atomic E-state index is 0.0559. The molecule has 2 aliphatic heterocycles. The summed E-state index contributed by atoms with van der Waals surface area (Å²) in [6.45, 7) is 3.01. The number of nitrogens with one attached hydrogen (secondary N) is 2. The van der Waals surface area contributed by atoms with Gasteiger partial charge in [0.25, 0.3) is 5.91 Å². The van der Waals surface area contributed by atoms with Crippen molar-refractivity contribution in [2.24, 2.45) is 0 Å². The molecule has 5 rings (SSSR count). The fraction of sp³-hybridized carbons (Fsp3) is 0.429. The minimum atomic E-state index is 0.0559. The SMILES string of the molecule is O=C(c1cc2ccccc2[nH]1)N1CCc2nc(NCC3CCCCO3)sc2C1. The lowest BCUT2D eigenvalue weighted by atomic mass is 10.1. The zero-order valence-corrected chi connectivity index (χ0v) is 16.6. The van der Waals surface area contributed by atoms with Crippen LogP contribution in [-0.4, -0.2) is 46.6 Å². The van der Waals surface area contributed by atoms with E-state index < -0.39 is 0 Å². The van der Waals surface area contributed by atoms with E-state index in [1.165, 1.54) is 17.7 Å². The van der Waals surface area contributed by atoms with Gasteiger partial charge in [-0.1, -0.05) is 29.5 Å². The molecule has 28 heavy (non-hydrogen) atoms. The van der Waals surface area contributed by atoms with E-state index >= 15 is 0 Å². The van der Waals surface area contributed by atoms with Crippen molar-refractivity contribution in [1.29, 1.82) is 0 Å². The molecule has 0 spiro atoms. The van der Waals surface area contributed by atoms with E-state index in [4.69, 9.17) is 9.72 Å². The zero-order valence-electron chi connectivity index (χ0n) is 15.7. The van der Waals surface area contributed by atoms with Gasteiger partial charge in [0.15, 0.2) is 5.13 Å². The predicted octanol–water partition coefficient (Wildman–Crippen LogP) is 3.80. The highest BCUT2D eigenvalue weighted by atomic mass is 32.1. The van der Waals surface area contributed by atoms with Gasteiger partial charge in [-0.2, -0.15) is 0 Å². The summed E-state index contributed by atoms with van der Waals surface area (Å²) in [5, 5.41) is 5.45. The first-order valence-corrected chi connectivity index (χ1v) is 10.8. The van der Waals surface area contributed by atoms with Crippen LogP contribution in [0.3, 0.4) is 0 Å². The summed E-state index contributed by atoms with van der Waals surface area (Å²) in [7, 11) is 0. The first-order chi connectivity index (χ1) is 13.8. The highest BCUT2D eigenvalue weighted by Crippen LogP contribution is 2.29. The van der Waals surface area contributed by atoms with Crippen LogP contribution in [0.25, 0.3) is 10.9 Å². The summed E-state index contributed by atoms with van der Waals surface area (Å²) >= 11 is 1.66. The molecule has 1 unspecified atom stereocenters. The molecular formula is C21H24N4O2S. The number of hydrogen-bond donors (Lipinski definition) is 2. The maximum absolute atomic E-state index is 13.0. The van der Waals surface area contributed by atoms with Crippen LogP contribution in [0.1, 0.15) is 40.3 Å². The Hall–Kier alpha value is -2.38. The fourth-order valence-corrected chi connectivity index (χ4v) is 5.00. The van der Waals surface area contributed by atoms with Gasteiger partial charge in [0, 0.05) is 41.9 Å². The number of H-pyrrole nitrogens is 1. The topological polar surface area (TPSA) is 70.2 Å². The number of carbonyl (C=O) groups is 1. The van der Waals surface area contributed by atoms with E-state index in [-0.39, 0.29) is 12.0 Å². The highest BCUT2D eigenvalue weighted by molar-refractivity contribution is 7.15. The Morgan fingerprint density at radius 3 is 3.14 bits per heavy atom. The van der Waals surface area contributed by atoms with Crippen LogP contribution in [-0.2, 0) is 17.7 Å². The number of aromatic amines is 1. The standard InChI is InChI=1S/C21H24N4O2S/c26-20(18-11-14-5-1-2-7-16(14)23-18)25-9-8-17-19(13-25)28-21(24-17)22-12-15-6-3-4-10-27-15/h1-2,5,7,11,15,23H,3-4,6,8-10,12-13H2,(H,22,24). The van der Waals surface area contributed by atoms with Crippen LogP contribution < -0.4 is 5.32 Å². The van der Waals surface area contributed by atoms with Gasteiger partial charge in [0.1, 0.15) is 5.69 Å². The number of benzene rings is 1. The van der Waals surface area contributed by atoms with Crippen molar-refractivity contribution in [3.05, 3.63) is 46.6 Å². The molecular weight excluding hydrogens is 372 g/mol. The average molecular weight is 397 g/mol. The molecule has 1 saturated heterocycles. The number of para-hydroxylation sites is 1. The molecule has 0 radical (unpaired) electrons. The van der Waals surface area contributed by atoms with Gasteiger partial charge in [0.05, 0.1) is 18.3 Å². The number of hydrogen-bond acceptors (Lipinski definition) is 5. The molecule has 4 heterocycles. The summed E-state index contributed by atoms with van der Waals surface area (Å²) in [6.07, 6.45) is 4.62. The van der Waals surface area contributed by atoms with E-state index in [1.54, 1.807) is 11.3 Å². The normalized spacial score (nSPS) is 19.6. The quantitative estimate of drug-likeness (QED) is 0.704. The number of fused-ring (bicyclic) bond motifs is 2. The lowest BCUT2D eigenvalue weighted by Gasteiger charge is -2.25. The molecule has 6 nitrogen and oxygen atoms in total. The number of nitrogens with zero attached hydrogens (tertiary/aromatic N) is 2. The third kappa shape index (κ3) is 3.52. The van der Waals surface area contributed by atoms with Crippen molar-refractivity contribution in [3.8, 4) is 0 Å². The number of amides is 1. The molecule has 2 N–H and O–H groups in total. The van der Waals surface area contributed by atoms with Crippen LogP contribution >= 0.6 is 11.3 Å². The second kappa shape index (κ2) is 7.56. The van der Waals surface area contributed by atoms with Crippen molar-refractivity contribution >= 4 is 33.3 Å². The average Bonchev–Trinajstić information content (AvgIpc) is 3.35. The summed E-state index contributed by atoms with van der Waals surface area (Å²) < 4.78 is 5.78. The molecule has 1 aromatic carbocycles. The van der Waals surface area contributed by atoms with Crippen LogP contribution in [0.4, 0.5) is 5.13 Å². The van der Waals surface area contributed by atoms with Crippen molar-refractivity contribution in [3.63, 3.8) is 0 Å². The Morgan fingerprint density at radius 2 is 2.29 bits per heavy atom. The van der Waals surface area contributed by atoms with Gasteiger partial charge < -0.3 is 19.9 Å². The van der Waals surface area contributed by atoms with Crippen LogP contribution in [0, 0.1) is 0 Å². The number of aromatic nitrogens is 2. The number of anilines is 1. The minimum Gasteiger partial charge on any atom is -0.376 e. The summed E-state index contributed by atoms with van der Waals surface area (Å²) in [4.78, 5) is 24.1. The van der Waals surface area contributed by atoms with Gasteiger partial charge in [-0.05, 0) is 31.4 Å². The highest BCUT2D eigenvalue weighted by Gasteiger charge is 2.26. The Morgan fingerprint density at radius 1 is 1.36 bits per heavy atom. The molecule has 146 valence electrons. The third-order valence-electron chi connectivity index (χ3n) is 5.53. The first-order valence-electron chi connectivity index (χ1n) is 9.97. The van der Waals surface area contributed by atoms with E-state index in [2.05, 4.69) is 10.3 Å². The third-order valence-corrected chi connectivity index (χ3v) is 6.57. The van der Waals surface area contributed by atoms with Gasteiger partial charge in [-0.3, -0.25) is 4.79 Å². The van der Waals surface area contributed by atoms with Crippen molar-refractivity contribution < 1.29 is 9.53 Å². The summed E-state index contributed by atoms with van der Waals surface area (Å²) in [6, 6.07) is 9.93. The number of rotatable bonds is 4. The lowest BCUT2D eigenvalue weighted by Crippen LogP contribution is -2.35. The Bertz CT molecular complexity index is 956. The number of carbonyl (C=O) groups excluding carboxylic acids is 1.